The topological polar surface area (TPSA) is 9.23 Å². The molecule has 0 radical (unpaired) electrons. The number of rotatable bonds is 1. The van der Waals surface area contributed by atoms with E-state index in [4.69, 9.17) is 4.74 Å². The lowest BCUT2D eigenvalue weighted by molar-refractivity contribution is 0.278. The van der Waals surface area contributed by atoms with E-state index in [9.17, 15) is 4.39 Å². The molecule has 0 amide bonds. The maximum Gasteiger partial charge on any atom is 0.125 e. The average Bonchev–Trinajstić information content (AvgIpc) is 1.95. The van der Waals surface area contributed by atoms with Crippen LogP contribution in [-0.2, 0) is 4.74 Å². The zero-order chi connectivity index (χ0) is 7.56. The van der Waals surface area contributed by atoms with Gasteiger partial charge in [-0.05, 0) is 18.2 Å². The van der Waals surface area contributed by atoms with Crippen LogP contribution < -0.4 is 0 Å². The van der Waals surface area contributed by atoms with Crippen molar-refractivity contribution in [3.8, 4) is 0 Å². The molecule has 1 nitrogen and oxygen atoms in total. The second-order valence-electron chi connectivity index (χ2n) is 2.44. The first-order valence-corrected chi connectivity index (χ1v) is 3.32. The number of ether oxygens (including phenoxy) is 1. The van der Waals surface area contributed by atoms with Gasteiger partial charge in [0.15, 0.2) is 0 Å². The zero-order valence-corrected chi connectivity index (χ0v) is 6.17. The van der Waals surface area contributed by atoms with Crippen LogP contribution in [0.2, 0.25) is 0 Å². The Morgan fingerprint density at radius 3 is 2.80 bits per heavy atom. The lowest BCUT2D eigenvalue weighted by Crippen LogP contribution is -2.11. The fourth-order valence-corrected chi connectivity index (χ4v) is 0.905. The quantitative estimate of drug-likeness (QED) is 0.544. The summed E-state index contributed by atoms with van der Waals surface area (Å²) in [4.78, 5) is 0. The highest BCUT2D eigenvalue weighted by Gasteiger charge is 2.15. The fourth-order valence-electron chi connectivity index (χ4n) is 0.905. The van der Waals surface area contributed by atoms with Crippen molar-refractivity contribution in [2.24, 2.45) is 5.92 Å². The highest BCUT2D eigenvalue weighted by Crippen LogP contribution is 2.19. The van der Waals surface area contributed by atoms with Crippen LogP contribution in [0.4, 0.5) is 4.39 Å². The highest BCUT2D eigenvalue weighted by molar-refractivity contribution is 5.20. The largest absolute Gasteiger partial charge is 0.497 e. The number of hydrogen-bond acceptors (Lipinski definition) is 1. The number of allylic oxidation sites excluding steroid dienone is 3. The molecule has 0 saturated carbocycles. The summed E-state index contributed by atoms with van der Waals surface area (Å²) in [5, 5.41) is 0. The van der Waals surface area contributed by atoms with Crippen LogP contribution in [0.5, 0.6) is 0 Å². The van der Waals surface area contributed by atoms with Crippen LogP contribution >= 0.6 is 0 Å². The van der Waals surface area contributed by atoms with Crippen molar-refractivity contribution in [3.05, 3.63) is 24.0 Å². The van der Waals surface area contributed by atoms with Crippen molar-refractivity contribution < 1.29 is 9.13 Å². The summed E-state index contributed by atoms with van der Waals surface area (Å²) in [5.74, 6) is 0.696. The smallest absolute Gasteiger partial charge is 0.125 e. The van der Waals surface area contributed by atoms with E-state index in [0.717, 1.165) is 5.76 Å². The molecular formula is C8H11FO. The van der Waals surface area contributed by atoms with Gasteiger partial charge in [-0.3, -0.25) is 0 Å². The summed E-state index contributed by atoms with van der Waals surface area (Å²) in [6, 6.07) is 0. The lowest BCUT2D eigenvalue weighted by atomic mass is 10.0. The summed E-state index contributed by atoms with van der Waals surface area (Å²) in [5.41, 5.74) is 0. The predicted molar refractivity (Wildman–Crippen MR) is 38.3 cm³/mol. The van der Waals surface area contributed by atoms with Gasteiger partial charge in [0.05, 0.1) is 7.11 Å². The van der Waals surface area contributed by atoms with Crippen molar-refractivity contribution in [1.82, 2.24) is 0 Å². The van der Waals surface area contributed by atoms with E-state index in [-0.39, 0.29) is 5.92 Å². The Bertz CT molecular complexity index is 172. The van der Waals surface area contributed by atoms with Gasteiger partial charge in [0.25, 0.3) is 0 Å². The molecule has 56 valence electrons. The Kier molecular flexibility index (Phi) is 2.10. The average molecular weight is 142 g/mol. The first-order chi connectivity index (χ1) is 4.74. The minimum atomic E-state index is -0.848. The molecule has 2 atom stereocenters. The molecule has 0 saturated heterocycles. The molecule has 10 heavy (non-hydrogen) atoms. The lowest BCUT2D eigenvalue weighted by Gasteiger charge is -2.14. The second-order valence-corrected chi connectivity index (χ2v) is 2.44. The molecule has 0 N–H and O–H groups in total. The minimum absolute atomic E-state index is 0.0556. The Morgan fingerprint density at radius 2 is 2.30 bits per heavy atom. The number of halogens is 1. The first-order valence-electron chi connectivity index (χ1n) is 3.32. The molecule has 0 aromatic carbocycles. The first kappa shape index (κ1) is 7.32. The van der Waals surface area contributed by atoms with Gasteiger partial charge in [-0.15, -0.1) is 0 Å². The molecule has 2 unspecified atom stereocenters. The van der Waals surface area contributed by atoms with Crippen molar-refractivity contribution in [3.63, 3.8) is 0 Å². The van der Waals surface area contributed by atoms with Gasteiger partial charge in [0, 0.05) is 5.92 Å². The maximum absolute atomic E-state index is 12.7. The van der Waals surface area contributed by atoms with E-state index in [1.807, 2.05) is 6.92 Å². The van der Waals surface area contributed by atoms with E-state index in [1.54, 1.807) is 19.3 Å². The molecule has 1 rings (SSSR count). The van der Waals surface area contributed by atoms with Crippen molar-refractivity contribution in [2.45, 2.75) is 13.1 Å². The van der Waals surface area contributed by atoms with Crippen LogP contribution in [0, 0.1) is 5.92 Å². The van der Waals surface area contributed by atoms with E-state index in [2.05, 4.69) is 0 Å². The van der Waals surface area contributed by atoms with Crippen LogP contribution in [0.25, 0.3) is 0 Å². The standard InChI is InChI=1S/C8H11FO/c1-6-5-7(10-2)3-4-8(6)9/h3-6,8H,1-2H3. The van der Waals surface area contributed by atoms with Crippen molar-refractivity contribution in [2.75, 3.05) is 7.11 Å². The van der Waals surface area contributed by atoms with Gasteiger partial charge in [0.1, 0.15) is 11.9 Å². The fraction of sp³-hybridized carbons (Fsp3) is 0.500. The van der Waals surface area contributed by atoms with E-state index in [1.165, 1.54) is 6.08 Å². The summed E-state index contributed by atoms with van der Waals surface area (Å²) in [7, 11) is 1.58. The molecule has 1 aliphatic rings. The SMILES string of the molecule is COC1=CC(C)C(F)C=C1. The third kappa shape index (κ3) is 1.38. The van der Waals surface area contributed by atoms with E-state index < -0.39 is 6.17 Å². The summed E-state index contributed by atoms with van der Waals surface area (Å²) in [6.07, 6.45) is 4.11. The Hall–Kier alpha value is -0.790. The molecule has 0 fully saturated rings. The molecule has 0 aromatic rings. The van der Waals surface area contributed by atoms with Crippen LogP contribution in [0.3, 0.4) is 0 Å². The summed E-state index contributed by atoms with van der Waals surface area (Å²) < 4.78 is 17.6. The number of methoxy groups -OCH3 is 1. The maximum atomic E-state index is 12.7. The minimum Gasteiger partial charge on any atom is -0.497 e. The van der Waals surface area contributed by atoms with Crippen LogP contribution in [-0.4, -0.2) is 13.3 Å². The molecule has 2 heteroatoms. The number of hydrogen-bond donors (Lipinski definition) is 0. The van der Waals surface area contributed by atoms with Gasteiger partial charge < -0.3 is 4.74 Å². The Morgan fingerprint density at radius 1 is 1.60 bits per heavy atom. The van der Waals surface area contributed by atoms with Gasteiger partial charge in [0.2, 0.25) is 0 Å². The molecule has 0 aromatic heterocycles. The zero-order valence-electron chi connectivity index (χ0n) is 6.17. The molecular weight excluding hydrogens is 131 g/mol. The summed E-state index contributed by atoms with van der Waals surface area (Å²) in [6.45, 7) is 1.83. The van der Waals surface area contributed by atoms with Crippen LogP contribution in [0.1, 0.15) is 6.92 Å². The molecule has 0 spiro atoms. The molecule has 0 heterocycles. The van der Waals surface area contributed by atoms with Gasteiger partial charge in [-0.1, -0.05) is 6.92 Å². The van der Waals surface area contributed by atoms with E-state index in [0.29, 0.717) is 0 Å². The Labute approximate surface area is 60.2 Å². The van der Waals surface area contributed by atoms with E-state index >= 15 is 0 Å². The normalized spacial score (nSPS) is 31.7. The molecule has 1 aliphatic carbocycles. The van der Waals surface area contributed by atoms with Crippen molar-refractivity contribution >= 4 is 0 Å². The molecule has 0 bridgehead atoms. The van der Waals surface area contributed by atoms with Crippen LogP contribution in [0.15, 0.2) is 24.0 Å². The third-order valence-corrected chi connectivity index (χ3v) is 1.61. The molecule has 0 aliphatic heterocycles. The predicted octanol–water partition coefficient (Wildman–Crippen LogP) is 2.06. The number of alkyl halides is 1. The van der Waals surface area contributed by atoms with Crippen molar-refractivity contribution in [1.29, 1.82) is 0 Å². The highest BCUT2D eigenvalue weighted by atomic mass is 19.1. The monoisotopic (exact) mass is 142 g/mol. The third-order valence-electron chi connectivity index (χ3n) is 1.61. The summed E-state index contributed by atoms with van der Waals surface area (Å²) >= 11 is 0. The van der Waals surface area contributed by atoms with Gasteiger partial charge >= 0.3 is 0 Å². The van der Waals surface area contributed by atoms with Gasteiger partial charge in [-0.2, -0.15) is 0 Å². The van der Waals surface area contributed by atoms with Gasteiger partial charge in [-0.25, -0.2) is 4.39 Å². The second kappa shape index (κ2) is 2.86. The Balaban J connectivity index is 2.66.